The summed E-state index contributed by atoms with van der Waals surface area (Å²) in [5, 5.41) is 0. The highest BCUT2D eigenvalue weighted by Crippen LogP contribution is 2.30. The predicted octanol–water partition coefficient (Wildman–Crippen LogP) is 4.79. The van der Waals surface area contributed by atoms with Gasteiger partial charge in [-0.2, -0.15) is 0 Å². The van der Waals surface area contributed by atoms with Crippen molar-refractivity contribution in [1.29, 1.82) is 0 Å². The van der Waals surface area contributed by atoms with E-state index in [1.165, 1.54) is 0 Å². The second-order valence-electron chi connectivity index (χ2n) is 5.75. The van der Waals surface area contributed by atoms with Gasteiger partial charge in [-0.3, -0.25) is 0 Å². The quantitative estimate of drug-likeness (QED) is 0.243. The molecule has 0 saturated heterocycles. The molecular formula is C20H14I3NO5. The van der Waals surface area contributed by atoms with Gasteiger partial charge >= 0.3 is 11.9 Å². The summed E-state index contributed by atoms with van der Waals surface area (Å²) in [5.41, 5.74) is 1.75. The molecule has 29 heavy (non-hydrogen) atoms. The Morgan fingerprint density at radius 2 is 1.79 bits per heavy atom. The number of esters is 2. The van der Waals surface area contributed by atoms with Crippen molar-refractivity contribution in [3.63, 3.8) is 0 Å². The number of rotatable bonds is 6. The fourth-order valence-electron chi connectivity index (χ4n) is 2.42. The molecule has 0 N–H and O–H groups in total. The van der Waals surface area contributed by atoms with E-state index < -0.39 is 11.9 Å². The third kappa shape index (κ3) is 5.90. The fraction of sp³-hybridized carbons (Fsp3) is 0.150. The molecule has 9 heteroatoms. The van der Waals surface area contributed by atoms with E-state index in [1.807, 2.05) is 36.4 Å². The van der Waals surface area contributed by atoms with E-state index in [0.717, 1.165) is 21.8 Å². The maximum atomic E-state index is 12.2. The highest BCUT2D eigenvalue weighted by atomic mass is 127. The molecule has 0 bridgehead atoms. The van der Waals surface area contributed by atoms with Crippen molar-refractivity contribution in [2.45, 2.75) is 6.92 Å². The van der Waals surface area contributed by atoms with Crippen LogP contribution in [0.1, 0.15) is 18.1 Å². The van der Waals surface area contributed by atoms with Crippen molar-refractivity contribution in [3.05, 3.63) is 63.9 Å². The number of hydrogen-bond donors (Lipinski definition) is 0. The zero-order valence-electron chi connectivity index (χ0n) is 15.1. The fourth-order valence-corrected chi connectivity index (χ4v) is 4.90. The van der Waals surface area contributed by atoms with Crippen molar-refractivity contribution < 1.29 is 23.8 Å². The normalized spacial score (nSPS) is 14.6. The van der Waals surface area contributed by atoms with E-state index in [4.69, 9.17) is 14.2 Å². The maximum Gasteiger partial charge on any atom is 0.363 e. The molecular weight excluding hydrogens is 715 g/mol. The molecule has 1 aliphatic rings. The molecule has 150 valence electrons. The largest absolute Gasteiger partial charge is 0.480 e. The zero-order valence-corrected chi connectivity index (χ0v) is 21.6. The topological polar surface area (TPSA) is 74.2 Å². The van der Waals surface area contributed by atoms with Crippen LogP contribution < -0.4 is 4.74 Å². The molecule has 0 amide bonds. The Bertz CT molecular complexity index is 992. The van der Waals surface area contributed by atoms with Gasteiger partial charge in [0.2, 0.25) is 5.90 Å². The van der Waals surface area contributed by atoms with Crippen LogP contribution in [0, 0.1) is 10.7 Å². The van der Waals surface area contributed by atoms with Crippen LogP contribution in [0.15, 0.2) is 47.1 Å². The van der Waals surface area contributed by atoms with E-state index in [0.29, 0.717) is 12.4 Å². The lowest BCUT2D eigenvalue weighted by atomic mass is 10.2. The van der Waals surface area contributed by atoms with Crippen LogP contribution in [0.25, 0.3) is 6.08 Å². The van der Waals surface area contributed by atoms with Crippen molar-refractivity contribution in [2.75, 3.05) is 13.2 Å². The average molecular weight is 729 g/mol. The minimum atomic E-state index is -0.494. The summed E-state index contributed by atoms with van der Waals surface area (Å²) in [6.45, 7) is 1.90. The average Bonchev–Trinajstić information content (AvgIpc) is 3.02. The third-order valence-corrected chi connectivity index (χ3v) is 6.00. The number of cyclic esters (lactones) is 1. The Balaban J connectivity index is 1.81. The number of aliphatic imine (C=N–C) groups is 1. The molecule has 0 aliphatic carbocycles. The van der Waals surface area contributed by atoms with Gasteiger partial charge in [-0.05, 0) is 123 Å². The molecule has 1 heterocycles. The highest BCUT2D eigenvalue weighted by Gasteiger charge is 2.24. The Morgan fingerprint density at radius 1 is 1.14 bits per heavy atom. The number of carbonyl (C=O) groups is 2. The number of nitrogens with zero attached hydrogens (tertiary/aromatic N) is 1. The lowest BCUT2D eigenvalue weighted by molar-refractivity contribution is -0.145. The highest BCUT2D eigenvalue weighted by molar-refractivity contribution is 14.1. The van der Waals surface area contributed by atoms with Gasteiger partial charge in [-0.15, -0.1) is 0 Å². The first-order chi connectivity index (χ1) is 13.9. The van der Waals surface area contributed by atoms with E-state index in [-0.39, 0.29) is 18.2 Å². The lowest BCUT2D eigenvalue weighted by Crippen LogP contribution is -2.15. The molecule has 0 fully saturated rings. The lowest BCUT2D eigenvalue weighted by Gasteiger charge is -2.11. The van der Waals surface area contributed by atoms with Crippen LogP contribution in [0.2, 0.25) is 0 Å². The van der Waals surface area contributed by atoms with Gasteiger partial charge < -0.3 is 14.2 Å². The predicted molar refractivity (Wildman–Crippen MR) is 134 cm³/mol. The van der Waals surface area contributed by atoms with E-state index in [2.05, 4.69) is 72.8 Å². The summed E-state index contributed by atoms with van der Waals surface area (Å²) in [5.74, 6) is -0.0300. The third-order valence-electron chi connectivity index (χ3n) is 3.68. The van der Waals surface area contributed by atoms with E-state index >= 15 is 0 Å². The zero-order chi connectivity index (χ0) is 21.0. The van der Waals surface area contributed by atoms with Crippen LogP contribution in [0.3, 0.4) is 0 Å². The van der Waals surface area contributed by atoms with Crippen molar-refractivity contribution in [1.82, 2.24) is 0 Å². The molecule has 0 radical (unpaired) electrons. The first kappa shape index (κ1) is 22.5. The van der Waals surface area contributed by atoms with Crippen LogP contribution in [0.4, 0.5) is 0 Å². The number of carbonyl (C=O) groups excluding carboxylic acids is 2. The first-order valence-electron chi connectivity index (χ1n) is 8.43. The number of halogens is 3. The molecule has 6 nitrogen and oxygen atoms in total. The molecule has 2 aromatic carbocycles. The second-order valence-corrected chi connectivity index (χ2v) is 9.32. The van der Waals surface area contributed by atoms with Gasteiger partial charge in [0, 0.05) is 9.13 Å². The summed E-state index contributed by atoms with van der Waals surface area (Å²) in [6.07, 6.45) is 1.67. The maximum absolute atomic E-state index is 12.2. The van der Waals surface area contributed by atoms with Crippen LogP contribution in [-0.4, -0.2) is 31.1 Å². The summed E-state index contributed by atoms with van der Waals surface area (Å²) in [6, 6.07) is 11.3. The standard InChI is InChI=1S/C20H14I3NO5/c1-2-27-17(25)10-28-18-14(22)7-11(8-15(18)23)9-16-20(26)29-19(24-16)12-3-5-13(21)6-4-12/h3-9H,2,10H2,1H3/b16-9-. The number of ether oxygens (including phenoxy) is 3. The van der Waals surface area contributed by atoms with Crippen molar-refractivity contribution in [2.24, 2.45) is 4.99 Å². The van der Waals surface area contributed by atoms with Crippen molar-refractivity contribution >= 4 is 91.7 Å². The first-order valence-corrected chi connectivity index (χ1v) is 11.7. The summed E-state index contributed by atoms with van der Waals surface area (Å²) in [4.78, 5) is 28.1. The molecule has 0 saturated carbocycles. The van der Waals surface area contributed by atoms with Gasteiger partial charge in [0.25, 0.3) is 0 Å². The van der Waals surface area contributed by atoms with Gasteiger partial charge in [-0.1, -0.05) is 0 Å². The molecule has 0 unspecified atom stereocenters. The monoisotopic (exact) mass is 729 g/mol. The van der Waals surface area contributed by atoms with Gasteiger partial charge in [0.15, 0.2) is 12.3 Å². The molecule has 0 aromatic heterocycles. The number of hydrogen-bond acceptors (Lipinski definition) is 6. The van der Waals surface area contributed by atoms with E-state index in [9.17, 15) is 9.59 Å². The van der Waals surface area contributed by atoms with Crippen LogP contribution in [-0.2, 0) is 19.1 Å². The van der Waals surface area contributed by atoms with Crippen LogP contribution in [0.5, 0.6) is 5.75 Å². The summed E-state index contributed by atoms with van der Waals surface area (Å²) < 4.78 is 18.5. The molecule has 3 rings (SSSR count). The van der Waals surface area contributed by atoms with Crippen LogP contribution >= 0.6 is 67.8 Å². The molecule has 2 aromatic rings. The Morgan fingerprint density at radius 3 is 2.41 bits per heavy atom. The number of benzene rings is 2. The van der Waals surface area contributed by atoms with Gasteiger partial charge in [0.05, 0.1) is 13.7 Å². The second kappa shape index (κ2) is 10.2. The van der Waals surface area contributed by atoms with Crippen molar-refractivity contribution in [3.8, 4) is 5.75 Å². The van der Waals surface area contributed by atoms with Gasteiger partial charge in [0.1, 0.15) is 5.75 Å². The Kier molecular flexibility index (Phi) is 7.90. The Labute approximate surface area is 208 Å². The SMILES string of the molecule is CCOC(=O)COc1c(I)cc(/C=C2\N=C(c3ccc(I)cc3)OC2=O)cc1I. The summed E-state index contributed by atoms with van der Waals surface area (Å²) in [7, 11) is 0. The minimum Gasteiger partial charge on any atom is -0.480 e. The van der Waals surface area contributed by atoms with Gasteiger partial charge in [-0.25, -0.2) is 14.6 Å². The minimum absolute atomic E-state index is 0.156. The van der Waals surface area contributed by atoms with E-state index in [1.54, 1.807) is 13.0 Å². The Hall–Kier alpha value is -1.22. The molecule has 0 atom stereocenters. The molecule has 1 aliphatic heterocycles. The molecule has 0 spiro atoms. The summed E-state index contributed by atoms with van der Waals surface area (Å²) >= 11 is 6.46. The smallest absolute Gasteiger partial charge is 0.363 e.